The first-order chi connectivity index (χ1) is 19.6. The van der Waals surface area contributed by atoms with Crippen LogP contribution >= 0.6 is 11.6 Å². The SMILES string of the molecule is C=CC(=O)N1C[C@H](C)N(c2nc(OCCCN(C)C)nc3c(F)c(-c4c(C)ccc5[nH]ncc45)c(Cl)cc23)C[C@H]1C. The Balaban J connectivity index is 1.66. The Hall–Kier alpha value is -3.76. The zero-order valence-electron chi connectivity index (χ0n) is 24.0. The van der Waals surface area contributed by atoms with Gasteiger partial charge in [-0.2, -0.15) is 15.1 Å². The van der Waals surface area contributed by atoms with Crippen LogP contribution in [0.5, 0.6) is 6.01 Å². The van der Waals surface area contributed by atoms with Gasteiger partial charge in [0.25, 0.3) is 0 Å². The largest absolute Gasteiger partial charge is 0.463 e. The Kier molecular flexibility index (Phi) is 8.15. The van der Waals surface area contributed by atoms with E-state index in [1.165, 1.54) is 6.08 Å². The number of hydrogen-bond acceptors (Lipinski definition) is 7. The van der Waals surface area contributed by atoms with Crippen LogP contribution < -0.4 is 9.64 Å². The lowest BCUT2D eigenvalue weighted by Gasteiger charge is -2.44. The summed E-state index contributed by atoms with van der Waals surface area (Å²) in [5.74, 6) is -0.149. The van der Waals surface area contributed by atoms with Crippen molar-refractivity contribution in [2.24, 2.45) is 0 Å². The van der Waals surface area contributed by atoms with Gasteiger partial charge in [-0.1, -0.05) is 24.2 Å². The Morgan fingerprint density at radius 3 is 2.73 bits per heavy atom. The number of hydrogen-bond donors (Lipinski definition) is 1. The van der Waals surface area contributed by atoms with Gasteiger partial charge in [0.15, 0.2) is 5.82 Å². The zero-order valence-corrected chi connectivity index (χ0v) is 24.8. The molecule has 0 radical (unpaired) electrons. The molecule has 1 aliphatic rings. The standard InChI is InChI=1S/C30H35ClFN7O2/c1-7-24(40)38-15-19(4)39(16-18(38)3)29-20-13-22(31)26(25-17(2)9-10-23-21(25)14-33-36-23)27(32)28(20)34-30(35-29)41-12-8-11-37(5)6/h7,9-10,13-14,18-19H,1,8,11-12,15-16H2,2-6H3,(H,33,36)/t18-,19+/m1/s1. The van der Waals surface area contributed by atoms with Crippen molar-refractivity contribution in [2.75, 3.05) is 45.2 Å². The summed E-state index contributed by atoms with van der Waals surface area (Å²) in [5, 5.41) is 8.60. The summed E-state index contributed by atoms with van der Waals surface area (Å²) in [5.41, 5.74) is 2.69. The minimum Gasteiger partial charge on any atom is -0.463 e. The van der Waals surface area contributed by atoms with Crippen LogP contribution in [0.15, 0.2) is 37.1 Å². The molecule has 1 aliphatic heterocycles. The molecule has 41 heavy (non-hydrogen) atoms. The topological polar surface area (TPSA) is 90.5 Å². The van der Waals surface area contributed by atoms with Gasteiger partial charge in [0, 0.05) is 53.6 Å². The second-order valence-corrected chi connectivity index (χ2v) is 11.3. The molecule has 0 aliphatic carbocycles. The highest BCUT2D eigenvalue weighted by atomic mass is 35.5. The van der Waals surface area contributed by atoms with Crippen molar-refractivity contribution in [1.29, 1.82) is 0 Å². The van der Waals surface area contributed by atoms with E-state index in [1.807, 2.05) is 47.0 Å². The van der Waals surface area contributed by atoms with Crippen LogP contribution in [0.1, 0.15) is 25.8 Å². The van der Waals surface area contributed by atoms with Crippen molar-refractivity contribution in [3.05, 3.63) is 53.5 Å². The monoisotopic (exact) mass is 579 g/mol. The van der Waals surface area contributed by atoms with E-state index in [9.17, 15) is 4.79 Å². The number of nitrogens with one attached hydrogen (secondary N) is 1. The molecule has 2 aromatic carbocycles. The molecule has 1 fully saturated rings. The second-order valence-electron chi connectivity index (χ2n) is 10.9. The molecule has 9 nitrogen and oxygen atoms in total. The Labute approximate surface area is 243 Å². The number of aryl methyl sites for hydroxylation is 1. The number of carbonyl (C=O) groups excluding carboxylic acids is 1. The Bertz CT molecular complexity index is 1620. The summed E-state index contributed by atoms with van der Waals surface area (Å²) in [6, 6.07) is 5.42. The molecule has 0 saturated carbocycles. The van der Waals surface area contributed by atoms with E-state index < -0.39 is 5.82 Å². The number of aromatic nitrogens is 4. The van der Waals surface area contributed by atoms with Crippen molar-refractivity contribution in [1.82, 2.24) is 30.0 Å². The summed E-state index contributed by atoms with van der Waals surface area (Å²) in [7, 11) is 3.99. The zero-order chi connectivity index (χ0) is 29.4. The van der Waals surface area contributed by atoms with Crippen molar-refractivity contribution in [2.45, 2.75) is 39.3 Å². The maximum Gasteiger partial charge on any atom is 0.319 e. The summed E-state index contributed by atoms with van der Waals surface area (Å²) in [6.07, 6.45) is 3.77. The van der Waals surface area contributed by atoms with Crippen LogP contribution in [-0.2, 0) is 4.79 Å². The maximum atomic E-state index is 16.7. The number of ether oxygens (including phenoxy) is 1. The van der Waals surface area contributed by atoms with Gasteiger partial charge in [-0.3, -0.25) is 9.89 Å². The molecule has 0 spiro atoms. The highest BCUT2D eigenvalue weighted by Crippen LogP contribution is 2.42. The molecule has 0 unspecified atom stereocenters. The number of aromatic amines is 1. The smallest absolute Gasteiger partial charge is 0.319 e. The minimum absolute atomic E-state index is 0.0983. The Morgan fingerprint density at radius 1 is 1.22 bits per heavy atom. The first-order valence-electron chi connectivity index (χ1n) is 13.7. The van der Waals surface area contributed by atoms with Gasteiger partial charge >= 0.3 is 6.01 Å². The lowest BCUT2D eigenvalue weighted by atomic mass is 9.95. The lowest BCUT2D eigenvalue weighted by molar-refractivity contribution is -0.128. The van der Waals surface area contributed by atoms with Gasteiger partial charge in [-0.15, -0.1) is 0 Å². The van der Waals surface area contributed by atoms with Crippen LogP contribution in [0.4, 0.5) is 10.2 Å². The van der Waals surface area contributed by atoms with Gasteiger partial charge in [-0.25, -0.2) is 4.39 Å². The third-order valence-electron chi connectivity index (χ3n) is 7.62. The molecule has 1 N–H and O–H groups in total. The number of H-pyrrole nitrogens is 1. The molecule has 2 atom stereocenters. The Morgan fingerprint density at radius 2 is 2.00 bits per heavy atom. The predicted molar refractivity (Wildman–Crippen MR) is 161 cm³/mol. The van der Waals surface area contributed by atoms with Gasteiger partial charge in [-0.05, 0) is 65.1 Å². The van der Waals surface area contributed by atoms with Crippen molar-refractivity contribution in [3.63, 3.8) is 0 Å². The fraction of sp³-hybridized carbons (Fsp3) is 0.400. The average Bonchev–Trinajstić information content (AvgIpc) is 3.42. The molecular formula is C30H35ClFN7O2. The molecule has 1 saturated heterocycles. The van der Waals surface area contributed by atoms with Crippen LogP contribution in [0.2, 0.25) is 5.02 Å². The number of amides is 1. The van der Waals surface area contributed by atoms with Crippen LogP contribution in [0.25, 0.3) is 32.9 Å². The number of nitrogens with zero attached hydrogens (tertiary/aromatic N) is 6. The molecular weight excluding hydrogens is 545 g/mol. The number of anilines is 1. The third kappa shape index (κ3) is 5.46. The molecule has 216 valence electrons. The lowest BCUT2D eigenvalue weighted by Crippen LogP contribution is -2.58. The van der Waals surface area contributed by atoms with Crippen LogP contribution in [0.3, 0.4) is 0 Å². The van der Waals surface area contributed by atoms with Crippen molar-refractivity contribution >= 4 is 45.1 Å². The van der Waals surface area contributed by atoms with E-state index in [0.717, 1.165) is 29.4 Å². The van der Waals surface area contributed by atoms with Crippen LogP contribution in [-0.4, -0.2) is 88.3 Å². The first-order valence-corrected chi connectivity index (χ1v) is 14.1. The van der Waals surface area contributed by atoms with Crippen molar-refractivity contribution < 1.29 is 13.9 Å². The number of carbonyl (C=O) groups is 1. The quantitative estimate of drug-likeness (QED) is 0.226. The highest BCUT2D eigenvalue weighted by Gasteiger charge is 2.34. The van der Waals surface area contributed by atoms with Crippen molar-refractivity contribution in [3.8, 4) is 17.1 Å². The van der Waals surface area contributed by atoms with E-state index in [2.05, 4.69) is 31.6 Å². The molecule has 3 heterocycles. The summed E-state index contributed by atoms with van der Waals surface area (Å²) < 4.78 is 22.7. The number of piperazine rings is 1. The number of halogens is 2. The second kappa shape index (κ2) is 11.6. The van der Waals surface area contributed by atoms with Crippen LogP contribution in [0, 0.1) is 12.7 Å². The summed E-state index contributed by atoms with van der Waals surface area (Å²) >= 11 is 6.87. The minimum atomic E-state index is -0.549. The summed E-state index contributed by atoms with van der Waals surface area (Å²) in [4.78, 5) is 27.7. The number of rotatable bonds is 8. The predicted octanol–water partition coefficient (Wildman–Crippen LogP) is 5.22. The van der Waals surface area contributed by atoms with E-state index >= 15 is 4.39 Å². The number of fused-ring (bicyclic) bond motifs is 2. The fourth-order valence-corrected chi connectivity index (χ4v) is 5.81. The van der Waals surface area contributed by atoms with Gasteiger partial charge < -0.3 is 19.4 Å². The average molecular weight is 580 g/mol. The van der Waals surface area contributed by atoms with E-state index in [4.69, 9.17) is 21.3 Å². The maximum absolute atomic E-state index is 16.7. The fourth-order valence-electron chi connectivity index (χ4n) is 5.52. The van der Waals surface area contributed by atoms with E-state index in [0.29, 0.717) is 36.5 Å². The third-order valence-corrected chi connectivity index (χ3v) is 7.92. The van der Waals surface area contributed by atoms with Gasteiger partial charge in [0.05, 0.1) is 23.3 Å². The molecule has 2 aromatic heterocycles. The summed E-state index contributed by atoms with van der Waals surface area (Å²) in [6.45, 7) is 11.7. The molecule has 11 heteroatoms. The normalized spacial score (nSPS) is 17.6. The first kappa shape index (κ1) is 28.8. The molecule has 5 rings (SSSR count). The highest BCUT2D eigenvalue weighted by molar-refractivity contribution is 6.35. The van der Waals surface area contributed by atoms with E-state index in [1.54, 1.807) is 17.2 Å². The van der Waals surface area contributed by atoms with Gasteiger partial charge in [0.2, 0.25) is 5.91 Å². The van der Waals surface area contributed by atoms with Gasteiger partial charge in [0.1, 0.15) is 11.3 Å². The molecule has 1 amide bonds. The number of benzene rings is 2. The van der Waals surface area contributed by atoms with E-state index in [-0.39, 0.29) is 40.1 Å². The molecule has 4 aromatic rings. The molecule has 0 bridgehead atoms.